The molecule has 4 aliphatic heterocycles. The van der Waals surface area contributed by atoms with E-state index in [1.807, 2.05) is 0 Å². The summed E-state index contributed by atoms with van der Waals surface area (Å²) in [5.74, 6) is 0. The molecule has 4 rings (SSSR count). The fourth-order valence-corrected chi connectivity index (χ4v) is 26.1. The number of alkyl halides is 1. The van der Waals surface area contributed by atoms with E-state index in [4.69, 9.17) is 0 Å². The molecule has 0 aliphatic carbocycles. The minimum absolute atomic E-state index is 0.398. The van der Waals surface area contributed by atoms with Gasteiger partial charge in [0.1, 0.15) is 13.6 Å². The van der Waals surface area contributed by atoms with Crippen molar-refractivity contribution in [1.82, 2.24) is 0 Å². The van der Waals surface area contributed by atoms with Crippen LogP contribution in [0.15, 0.2) is 0 Å². The summed E-state index contributed by atoms with van der Waals surface area (Å²) >= 11 is 17.7. The van der Waals surface area contributed by atoms with Gasteiger partial charge in [-0.05, 0) is 32.1 Å². The van der Waals surface area contributed by atoms with Crippen molar-refractivity contribution >= 4 is 86.5 Å². The van der Waals surface area contributed by atoms with Gasteiger partial charge >= 0.3 is 0 Å². The van der Waals surface area contributed by atoms with Gasteiger partial charge in [0.2, 0.25) is 0 Å². The predicted octanol–water partition coefficient (Wildman–Crippen LogP) is 8.62. The lowest BCUT2D eigenvalue weighted by atomic mass is 10.3. The SMILES string of the molecule is CCCC12SC3(CCC)SC(CCC)(S1)SC(CCCBr)(S2)S3. The molecule has 134 valence electrons. The van der Waals surface area contributed by atoms with E-state index in [2.05, 4.69) is 107 Å². The molecule has 0 aromatic heterocycles. The first-order valence-corrected chi connectivity index (χ1v) is 14.8. The summed E-state index contributed by atoms with van der Waals surface area (Å²) in [5.41, 5.74) is 0. The van der Waals surface area contributed by atoms with Gasteiger partial charge in [0.25, 0.3) is 0 Å². The van der Waals surface area contributed by atoms with Crippen LogP contribution in [0.2, 0.25) is 0 Å². The molecule has 0 unspecified atom stereocenters. The number of rotatable bonds is 9. The Morgan fingerprint density at radius 1 is 0.565 bits per heavy atom. The van der Waals surface area contributed by atoms with Gasteiger partial charge in [-0.15, -0.1) is 70.6 Å². The van der Waals surface area contributed by atoms with Gasteiger partial charge in [-0.2, -0.15) is 0 Å². The Balaban J connectivity index is 1.97. The summed E-state index contributed by atoms with van der Waals surface area (Å²) in [7, 11) is 0. The van der Waals surface area contributed by atoms with E-state index in [1.54, 1.807) is 0 Å². The number of hydrogen-bond donors (Lipinski definition) is 0. The van der Waals surface area contributed by atoms with Crippen molar-refractivity contribution in [2.45, 2.75) is 85.8 Å². The maximum absolute atomic E-state index is 3.68. The lowest BCUT2D eigenvalue weighted by Gasteiger charge is -2.67. The van der Waals surface area contributed by atoms with Crippen molar-refractivity contribution in [2.24, 2.45) is 0 Å². The molecule has 4 aliphatic rings. The molecule has 0 aromatic carbocycles. The second-order valence-electron chi connectivity index (χ2n) is 6.39. The quantitative estimate of drug-likeness (QED) is 0.294. The van der Waals surface area contributed by atoms with E-state index in [-0.39, 0.29) is 0 Å². The molecule has 0 saturated carbocycles. The van der Waals surface area contributed by atoms with Gasteiger partial charge < -0.3 is 0 Å². The zero-order valence-electron chi connectivity index (χ0n) is 14.2. The van der Waals surface area contributed by atoms with E-state index >= 15 is 0 Å². The third-order valence-electron chi connectivity index (χ3n) is 4.15. The maximum Gasteiger partial charge on any atom is 0.113 e. The van der Waals surface area contributed by atoms with E-state index in [9.17, 15) is 0 Å². The minimum atomic E-state index is 0.398. The highest BCUT2D eigenvalue weighted by molar-refractivity contribution is 9.09. The molecular formula is C16H27BrS6. The average molecular weight is 492 g/mol. The van der Waals surface area contributed by atoms with Crippen LogP contribution in [0, 0.1) is 0 Å². The van der Waals surface area contributed by atoms with E-state index in [0.29, 0.717) is 13.6 Å². The highest BCUT2D eigenvalue weighted by Gasteiger charge is 2.71. The molecule has 0 aromatic rings. The topological polar surface area (TPSA) is 0 Å². The Kier molecular flexibility index (Phi) is 6.98. The molecule has 0 atom stereocenters. The largest absolute Gasteiger partial charge is 0.113 e. The molecule has 7 heteroatoms. The summed E-state index contributed by atoms with van der Waals surface area (Å²) in [6.45, 7) is 7.12. The molecule has 0 spiro atoms. The Morgan fingerprint density at radius 3 is 1.13 bits per heavy atom. The van der Waals surface area contributed by atoms with Gasteiger partial charge in [-0.25, -0.2) is 0 Å². The van der Waals surface area contributed by atoms with Gasteiger partial charge in [0, 0.05) is 5.33 Å². The Morgan fingerprint density at radius 2 is 0.870 bits per heavy atom. The highest BCUT2D eigenvalue weighted by atomic mass is 79.9. The highest BCUT2D eigenvalue weighted by Crippen LogP contribution is 2.91. The maximum atomic E-state index is 3.68. The zero-order valence-corrected chi connectivity index (χ0v) is 20.7. The summed E-state index contributed by atoms with van der Waals surface area (Å²) in [4.78, 5) is 0. The predicted molar refractivity (Wildman–Crippen MR) is 124 cm³/mol. The molecule has 0 nitrogen and oxygen atoms in total. The number of halogens is 1. The fourth-order valence-electron chi connectivity index (χ4n) is 3.49. The van der Waals surface area contributed by atoms with Crippen molar-refractivity contribution in [2.75, 3.05) is 5.33 Å². The second kappa shape index (κ2) is 7.90. The van der Waals surface area contributed by atoms with Crippen LogP contribution in [-0.2, 0) is 0 Å². The van der Waals surface area contributed by atoms with Crippen LogP contribution < -0.4 is 0 Å². The zero-order chi connectivity index (χ0) is 16.6. The van der Waals surface area contributed by atoms with Crippen LogP contribution >= 0.6 is 86.5 Å². The normalized spacial score (nSPS) is 44.9. The number of thioether (sulfide) groups is 6. The summed E-state index contributed by atoms with van der Waals surface area (Å²) in [6.07, 6.45) is 10.7. The first kappa shape index (κ1) is 20.3. The van der Waals surface area contributed by atoms with Crippen LogP contribution in [0.5, 0.6) is 0 Å². The molecule has 4 fully saturated rings. The number of hydrogen-bond acceptors (Lipinski definition) is 6. The van der Waals surface area contributed by atoms with Crippen LogP contribution in [0.1, 0.15) is 72.1 Å². The van der Waals surface area contributed by atoms with Crippen molar-refractivity contribution in [3.05, 3.63) is 0 Å². The second-order valence-corrected chi connectivity index (χ2v) is 19.9. The molecule has 4 bridgehead atoms. The lowest BCUT2D eigenvalue weighted by Crippen LogP contribution is -2.53. The Bertz CT molecular complexity index is 368. The lowest BCUT2D eigenvalue weighted by molar-refractivity contribution is 0.754. The smallest absolute Gasteiger partial charge is 0.104 e. The van der Waals surface area contributed by atoms with Gasteiger partial charge in [-0.1, -0.05) is 56.0 Å². The molecule has 0 amide bonds. The van der Waals surface area contributed by atoms with Gasteiger partial charge in [0.05, 0.1) is 0 Å². The summed E-state index contributed by atoms with van der Waals surface area (Å²) < 4.78 is 1.63. The van der Waals surface area contributed by atoms with E-state index in [0.717, 1.165) is 5.33 Å². The van der Waals surface area contributed by atoms with Crippen LogP contribution in [0.3, 0.4) is 0 Å². The molecular weight excluding hydrogens is 464 g/mol. The van der Waals surface area contributed by atoms with E-state index in [1.165, 1.54) is 51.4 Å². The molecule has 0 radical (unpaired) electrons. The van der Waals surface area contributed by atoms with Crippen LogP contribution in [-0.4, -0.2) is 19.0 Å². The fraction of sp³-hybridized carbons (Fsp3) is 1.00. The third-order valence-corrected chi connectivity index (χ3v) is 16.9. The van der Waals surface area contributed by atoms with Crippen molar-refractivity contribution in [3.63, 3.8) is 0 Å². The summed E-state index contributed by atoms with van der Waals surface area (Å²) in [5, 5.41) is 1.15. The van der Waals surface area contributed by atoms with Crippen LogP contribution in [0.25, 0.3) is 0 Å². The van der Waals surface area contributed by atoms with Crippen molar-refractivity contribution in [1.29, 1.82) is 0 Å². The van der Waals surface area contributed by atoms with Crippen molar-refractivity contribution < 1.29 is 0 Å². The third kappa shape index (κ3) is 4.06. The first-order chi connectivity index (χ1) is 11.0. The standard InChI is InChI=1S/C16H27BrS6/c1-4-8-13-18-14(9-5-2)20-15(19-13,10-6-3)23-16(21-13,22-14)11-7-12-17/h4-12H2,1-3H3. The van der Waals surface area contributed by atoms with E-state index < -0.39 is 0 Å². The van der Waals surface area contributed by atoms with Gasteiger partial charge in [-0.3, -0.25) is 0 Å². The average Bonchev–Trinajstić information content (AvgIpc) is 2.43. The minimum Gasteiger partial charge on any atom is -0.104 e. The van der Waals surface area contributed by atoms with Crippen LogP contribution in [0.4, 0.5) is 0 Å². The monoisotopic (exact) mass is 490 g/mol. The van der Waals surface area contributed by atoms with Crippen molar-refractivity contribution in [3.8, 4) is 0 Å². The Labute approximate surface area is 176 Å². The summed E-state index contributed by atoms with van der Waals surface area (Å²) in [6, 6.07) is 0. The Hall–Kier alpha value is 2.58. The van der Waals surface area contributed by atoms with Gasteiger partial charge in [0.15, 0.2) is 0 Å². The first-order valence-electron chi connectivity index (χ1n) is 8.75. The molecule has 23 heavy (non-hydrogen) atoms. The molecule has 4 heterocycles. The molecule has 4 saturated heterocycles. The molecule has 0 N–H and O–H groups in total.